The number of benzene rings is 1. The molecule has 0 amide bonds. The van der Waals surface area contributed by atoms with Gasteiger partial charge in [0.15, 0.2) is 5.82 Å². The third-order valence-corrected chi connectivity index (χ3v) is 2.45. The average molecular weight is 231 g/mol. The fourth-order valence-corrected chi connectivity index (χ4v) is 1.62. The van der Waals surface area contributed by atoms with Gasteiger partial charge in [0.25, 0.3) is 0 Å². The highest BCUT2D eigenvalue weighted by atomic mass is 19.1. The lowest BCUT2D eigenvalue weighted by Gasteiger charge is -2.06. The van der Waals surface area contributed by atoms with Gasteiger partial charge in [0, 0.05) is 24.4 Å². The molecule has 17 heavy (non-hydrogen) atoms. The quantitative estimate of drug-likeness (QED) is 0.795. The van der Waals surface area contributed by atoms with Crippen molar-refractivity contribution in [2.75, 3.05) is 7.11 Å². The summed E-state index contributed by atoms with van der Waals surface area (Å²) in [5.74, 6) is -0.350. The molecule has 2 rings (SSSR count). The van der Waals surface area contributed by atoms with Gasteiger partial charge in [-0.3, -0.25) is 4.68 Å². The van der Waals surface area contributed by atoms with Crippen molar-refractivity contribution in [2.24, 2.45) is 7.05 Å². The Labute approximate surface area is 97.9 Å². The maximum Gasteiger partial charge on any atom is 0.152 e. The maximum atomic E-state index is 14.1. The third-order valence-electron chi connectivity index (χ3n) is 2.45. The normalized spacial score (nSPS) is 10.0. The van der Waals surface area contributed by atoms with Crippen molar-refractivity contribution in [3.63, 3.8) is 0 Å². The molecule has 1 heterocycles. The maximum absolute atomic E-state index is 14.1. The van der Waals surface area contributed by atoms with E-state index in [-0.39, 0.29) is 11.3 Å². The molecule has 4 nitrogen and oxygen atoms in total. The Kier molecular flexibility index (Phi) is 2.79. The molecule has 0 saturated carbocycles. The topological polar surface area (TPSA) is 50.8 Å². The largest absolute Gasteiger partial charge is 0.495 e. The van der Waals surface area contributed by atoms with E-state index in [1.165, 1.54) is 7.11 Å². The molecular formula is C12H10FN3O. The fourth-order valence-electron chi connectivity index (χ4n) is 1.62. The number of nitrogens with zero attached hydrogens (tertiary/aromatic N) is 3. The number of methoxy groups -OCH3 is 1. The van der Waals surface area contributed by atoms with E-state index in [4.69, 9.17) is 10.00 Å². The minimum Gasteiger partial charge on any atom is -0.495 e. The van der Waals surface area contributed by atoms with Crippen molar-refractivity contribution in [2.45, 2.75) is 0 Å². The molecule has 0 radical (unpaired) electrons. The van der Waals surface area contributed by atoms with Crippen LogP contribution in [0.1, 0.15) is 5.56 Å². The van der Waals surface area contributed by atoms with Gasteiger partial charge in [-0.05, 0) is 12.1 Å². The van der Waals surface area contributed by atoms with Crippen LogP contribution in [-0.4, -0.2) is 16.9 Å². The molecule has 2 aromatic rings. The molecule has 86 valence electrons. The van der Waals surface area contributed by atoms with Gasteiger partial charge in [0.1, 0.15) is 17.4 Å². The lowest BCUT2D eigenvalue weighted by Crippen LogP contribution is -1.94. The number of halogens is 1. The summed E-state index contributed by atoms with van der Waals surface area (Å²) < 4.78 is 20.6. The summed E-state index contributed by atoms with van der Waals surface area (Å²) in [5, 5.41) is 12.9. The average Bonchev–Trinajstić information content (AvgIpc) is 2.75. The Bertz CT molecular complexity index is 598. The number of hydrogen-bond donors (Lipinski definition) is 0. The van der Waals surface area contributed by atoms with Crippen LogP contribution in [0.3, 0.4) is 0 Å². The van der Waals surface area contributed by atoms with Gasteiger partial charge in [-0.2, -0.15) is 10.4 Å². The predicted octanol–water partition coefficient (Wildman–Crippen LogP) is 2.11. The summed E-state index contributed by atoms with van der Waals surface area (Å²) in [5.41, 5.74) is 0.883. The van der Waals surface area contributed by atoms with Crippen molar-refractivity contribution >= 4 is 0 Å². The summed E-state index contributed by atoms with van der Waals surface area (Å²) in [4.78, 5) is 0. The first-order valence-electron chi connectivity index (χ1n) is 4.93. The SMILES string of the molecule is COc1ccc(-c2cnn(C)c2)c(F)c1C#N. The van der Waals surface area contributed by atoms with Crippen LogP contribution in [0.25, 0.3) is 11.1 Å². The molecule has 0 spiro atoms. The molecule has 1 aromatic carbocycles. The number of hydrogen-bond acceptors (Lipinski definition) is 3. The van der Waals surface area contributed by atoms with Gasteiger partial charge < -0.3 is 4.74 Å². The van der Waals surface area contributed by atoms with Gasteiger partial charge >= 0.3 is 0 Å². The van der Waals surface area contributed by atoms with E-state index >= 15 is 0 Å². The van der Waals surface area contributed by atoms with Gasteiger partial charge in [-0.25, -0.2) is 4.39 Å². The molecular weight excluding hydrogens is 221 g/mol. The van der Waals surface area contributed by atoms with Crippen molar-refractivity contribution in [3.05, 3.63) is 35.9 Å². The van der Waals surface area contributed by atoms with Gasteiger partial charge in [-0.1, -0.05) is 0 Å². The zero-order chi connectivity index (χ0) is 12.4. The molecule has 5 heteroatoms. The second-order valence-corrected chi connectivity index (χ2v) is 3.52. The number of rotatable bonds is 2. The zero-order valence-corrected chi connectivity index (χ0v) is 9.44. The minimum absolute atomic E-state index is 0.0890. The third kappa shape index (κ3) is 1.85. The van der Waals surface area contributed by atoms with Crippen LogP contribution in [-0.2, 0) is 7.05 Å². The van der Waals surface area contributed by atoms with E-state index in [0.29, 0.717) is 11.1 Å². The second kappa shape index (κ2) is 4.26. The minimum atomic E-state index is -0.583. The molecule has 0 unspecified atom stereocenters. The zero-order valence-electron chi connectivity index (χ0n) is 9.44. The van der Waals surface area contributed by atoms with Crippen molar-refractivity contribution in [1.82, 2.24) is 9.78 Å². The molecule has 0 fully saturated rings. The van der Waals surface area contributed by atoms with Crippen molar-refractivity contribution in [1.29, 1.82) is 5.26 Å². The van der Waals surface area contributed by atoms with Gasteiger partial charge in [0.05, 0.1) is 13.3 Å². The van der Waals surface area contributed by atoms with Crippen LogP contribution in [0, 0.1) is 17.1 Å². The summed E-state index contributed by atoms with van der Waals surface area (Å²) >= 11 is 0. The fraction of sp³-hybridized carbons (Fsp3) is 0.167. The van der Waals surface area contributed by atoms with E-state index < -0.39 is 5.82 Å². The highest BCUT2D eigenvalue weighted by Gasteiger charge is 2.15. The monoisotopic (exact) mass is 231 g/mol. The first kappa shape index (κ1) is 11.1. The number of nitriles is 1. The standard InChI is InChI=1S/C12H10FN3O/c1-16-7-8(6-15-16)9-3-4-11(17-2)10(5-14)12(9)13/h3-4,6-7H,1-2H3. The lowest BCUT2D eigenvalue weighted by molar-refractivity contribution is 0.410. The van der Waals surface area contributed by atoms with Crippen LogP contribution in [0.4, 0.5) is 4.39 Å². The molecule has 0 aliphatic carbocycles. The summed E-state index contributed by atoms with van der Waals surface area (Å²) in [6, 6.07) is 4.95. The van der Waals surface area contributed by atoms with E-state index in [9.17, 15) is 4.39 Å². The molecule has 1 aromatic heterocycles. The Balaban J connectivity index is 2.62. The molecule has 0 bridgehead atoms. The predicted molar refractivity (Wildman–Crippen MR) is 59.9 cm³/mol. The number of aromatic nitrogens is 2. The van der Waals surface area contributed by atoms with E-state index in [0.717, 1.165) is 0 Å². The summed E-state index contributed by atoms with van der Waals surface area (Å²) in [6.45, 7) is 0. The smallest absolute Gasteiger partial charge is 0.152 e. The Morgan fingerprint density at radius 3 is 2.76 bits per heavy atom. The van der Waals surface area contributed by atoms with E-state index in [1.807, 2.05) is 0 Å². The van der Waals surface area contributed by atoms with Crippen LogP contribution in [0.15, 0.2) is 24.5 Å². The van der Waals surface area contributed by atoms with Crippen molar-refractivity contribution < 1.29 is 9.13 Å². The lowest BCUT2D eigenvalue weighted by atomic mass is 10.0. The number of aryl methyl sites for hydroxylation is 1. The Morgan fingerprint density at radius 1 is 1.47 bits per heavy atom. The first-order valence-corrected chi connectivity index (χ1v) is 4.93. The number of ether oxygens (including phenoxy) is 1. The molecule has 0 atom stereocenters. The van der Waals surface area contributed by atoms with Crippen LogP contribution < -0.4 is 4.74 Å². The van der Waals surface area contributed by atoms with Gasteiger partial charge in [-0.15, -0.1) is 0 Å². The highest BCUT2D eigenvalue weighted by molar-refractivity contribution is 5.67. The molecule has 0 aliphatic heterocycles. The van der Waals surface area contributed by atoms with Crippen LogP contribution in [0.2, 0.25) is 0 Å². The molecule has 0 aliphatic rings. The van der Waals surface area contributed by atoms with Gasteiger partial charge in [0.2, 0.25) is 0 Å². The van der Waals surface area contributed by atoms with Crippen LogP contribution in [0.5, 0.6) is 5.75 Å². The molecule has 0 saturated heterocycles. The summed E-state index contributed by atoms with van der Waals surface area (Å²) in [7, 11) is 3.15. The highest BCUT2D eigenvalue weighted by Crippen LogP contribution is 2.29. The second-order valence-electron chi connectivity index (χ2n) is 3.52. The van der Waals surface area contributed by atoms with E-state index in [1.54, 1.807) is 42.3 Å². The Morgan fingerprint density at radius 2 is 2.24 bits per heavy atom. The molecule has 0 N–H and O–H groups in total. The van der Waals surface area contributed by atoms with Crippen LogP contribution >= 0.6 is 0 Å². The first-order chi connectivity index (χ1) is 8.17. The Hall–Kier alpha value is -2.35. The van der Waals surface area contributed by atoms with E-state index in [2.05, 4.69) is 5.10 Å². The van der Waals surface area contributed by atoms with Crippen molar-refractivity contribution in [3.8, 4) is 22.9 Å². The summed E-state index contributed by atoms with van der Waals surface area (Å²) in [6.07, 6.45) is 3.23.